The van der Waals surface area contributed by atoms with Crippen LogP contribution in [0.1, 0.15) is 5.56 Å². The number of hydrogen-bond acceptors (Lipinski definition) is 2. The minimum absolute atomic E-state index is 0.410. The number of methoxy groups -OCH3 is 1. The maximum Gasteiger partial charge on any atom is 0.416 e. The van der Waals surface area contributed by atoms with Crippen LogP contribution in [0.15, 0.2) is 18.2 Å². The third-order valence-electron chi connectivity index (χ3n) is 1.99. The van der Waals surface area contributed by atoms with Crippen molar-refractivity contribution in [3.05, 3.63) is 23.8 Å². The Morgan fingerprint density at radius 1 is 1.20 bits per heavy atom. The molecule has 0 amide bonds. The molecule has 1 aromatic rings. The lowest BCUT2D eigenvalue weighted by Crippen LogP contribution is -2.12. The maximum atomic E-state index is 12.4. The smallest absolute Gasteiger partial charge is 0.416 e. The van der Waals surface area contributed by atoms with E-state index < -0.39 is 11.7 Å². The lowest BCUT2D eigenvalue weighted by molar-refractivity contribution is -0.137. The summed E-state index contributed by atoms with van der Waals surface area (Å²) in [5.74, 6) is 0.424. The molecule has 0 heterocycles. The highest BCUT2D eigenvalue weighted by molar-refractivity contribution is 5.59. The van der Waals surface area contributed by atoms with Crippen molar-refractivity contribution in [2.75, 3.05) is 26.1 Å². The van der Waals surface area contributed by atoms with Crippen molar-refractivity contribution in [1.29, 1.82) is 0 Å². The first-order chi connectivity index (χ1) is 6.86. The highest BCUT2D eigenvalue weighted by Gasteiger charge is 2.31. The number of benzene rings is 1. The van der Waals surface area contributed by atoms with Gasteiger partial charge >= 0.3 is 6.18 Å². The van der Waals surface area contributed by atoms with Gasteiger partial charge in [0.15, 0.2) is 0 Å². The summed E-state index contributed by atoms with van der Waals surface area (Å²) >= 11 is 0. The second-order valence-electron chi connectivity index (χ2n) is 3.28. The number of halogens is 3. The first kappa shape index (κ1) is 11.7. The van der Waals surface area contributed by atoms with Crippen molar-refractivity contribution >= 4 is 5.69 Å². The van der Waals surface area contributed by atoms with Gasteiger partial charge in [0, 0.05) is 14.1 Å². The first-order valence-electron chi connectivity index (χ1n) is 4.29. The Morgan fingerprint density at radius 2 is 1.80 bits per heavy atom. The lowest BCUT2D eigenvalue weighted by atomic mass is 10.1. The van der Waals surface area contributed by atoms with Crippen molar-refractivity contribution in [2.45, 2.75) is 6.18 Å². The lowest BCUT2D eigenvalue weighted by Gasteiger charge is -2.18. The summed E-state index contributed by atoms with van der Waals surface area (Å²) in [5, 5.41) is 0. The molecule has 0 aliphatic rings. The van der Waals surface area contributed by atoms with Gasteiger partial charge in [0.05, 0.1) is 18.4 Å². The third-order valence-corrected chi connectivity index (χ3v) is 1.99. The topological polar surface area (TPSA) is 12.5 Å². The number of nitrogens with zero attached hydrogens (tertiary/aromatic N) is 1. The van der Waals surface area contributed by atoms with Crippen molar-refractivity contribution in [3.8, 4) is 5.75 Å². The van der Waals surface area contributed by atoms with Crippen LogP contribution in [-0.4, -0.2) is 21.2 Å². The Bertz CT molecular complexity index is 347. The molecule has 0 aromatic heterocycles. The van der Waals surface area contributed by atoms with Gasteiger partial charge in [0.25, 0.3) is 0 Å². The van der Waals surface area contributed by atoms with Crippen LogP contribution in [0.2, 0.25) is 0 Å². The van der Waals surface area contributed by atoms with E-state index in [-0.39, 0.29) is 0 Å². The van der Waals surface area contributed by atoms with E-state index in [0.29, 0.717) is 11.4 Å². The summed E-state index contributed by atoms with van der Waals surface area (Å²) in [7, 11) is 4.76. The SMILES string of the molecule is COc1ccc(C(F)(F)F)cc1N(C)C. The molecule has 0 bridgehead atoms. The van der Waals surface area contributed by atoms with Crippen molar-refractivity contribution in [1.82, 2.24) is 0 Å². The highest BCUT2D eigenvalue weighted by Crippen LogP contribution is 2.35. The summed E-state index contributed by atoms with van der Waals surface area (Å²) < 4.78 is 42.2. The maximum absolute atomic E-state index is 12.4. The van der Waals surface area contributed by atoms with Gasteiger partial charge in [-0.2, -0.15) is 13.2 Å². The zero-order valence-electron chi connectivity index (χ0n) is 8.72. The van der Waals surface area contributed by atoms with Crippen LogP contribution >= 0.6 is 0 Å². The summed E-state index contributed by atoms with van der Waals surface area (Å²) in [6.45, 7) is 0. The van der Waals surface area contributed by atoms with Crippen molar-refractivity contribution in [3.63, 3.8) is 0 Å². The van der Waals surface area contributed by atoms with Gasteiger partial charge in [-0.25, -0.2) is 0 Å². The van der Waals surface area contributed by atoms with E-state index in [1.807, 2.05) is 0 Å². The Labute approximate surface area is 86.3 Å². The molecule has 0 aliphatic carbocycles. The second-order valence-corrected chi connectivity index (χ2v) is 3.28. The van der Waals surface area contributed by atoms with Gasteiger partial charge in [0.1, 0.15) is 5.75 Å². The molecule has 0 fully saturated rings. The molecular formula is C10H12F3NO. The normalized spacial score (nSPS) is 11.3. The molecule has 0 spiro atoms. The molecule has 0 saturated heterocycles. The van der Waals surface area contributed by atoms with E-state index in [9.17, 15) is 13.2 Å². The average molecular weight is 219 g/mol. The molecule has 15 heavy (non-hydrogen) atoms. The molecule has 84 valence electrons. The monoisotopic (exact) mass is 219 g/mol. The predicted octanol–water partition coefficient (Wildman–Crippen LogP) is 2.78. The summed E-state index contributed by atoms with van der Waals surface area (Å²) in [5.41, 5.74) is -0.265. The van der Waals surface area contributed by atoms with Gasteiger partial charge < -0.3 is 9.64 Å². The zero-order valence-corrected chi connectivity index (χ0v) is 8.72. The van der Waals surface area contributed by atoms with E-state index >= 15 is 0 Å². The number of rotatable bonds is 2. The fourth-order valence-electron chi connectivity index (χ4n) is 1.22. The molecule has 0 unspecified atom stereocenters. The first-order valence-corrected chi connectivity index (χ1v) is 4.29. The third kappa shape index (κ3) is 2.55. The molecule has 0 N–H and O–H groups in total. The molecule has 0 aliphatic heterocycles. The Hall–Kier alpha value is -1.39. The number of alkyl halides is 3. The second kappa shape index (κ2) is 4.00. The minimum atomic E-state index is -4.32. The predicted molar refractivity (Wildman–Crippen MR) is 52.3 cm³/mol. The van der Waals surface area contributed by atoms with Crippen molar-refractivity contribution < 1.29 is 17.9 Å². The molecule has 0 saturated carbocycles. The van der Waals surface area contributed by atoms with Crippen LogP contribution in [0.25, 0.3) is 0 Å². The fraction of sp³-hybridized carbons (Fsp3) is 0.400. The van der Waals surface area contributed by atoms with Gasteiger partial charge in [-0.3, -0.25) is 0 Å². The molecule has 0 radical (unpaired) electrons. The molecule has 0 atom stereocenters. The molecule has 1 aromatic carbocycles. The van der Waals surface area contributed by atoms with E-state index in [4.69, 9.17) is 4.74 Å². The van der Waals surface area contributed by atoms with E-state index in [1.165, 1.54) is 13.2 Å². The Morgan fingerprint density at radius 3 is 2.20 bits per heavy atom. The number of anilines is 1. The summed E-state index contributed by atoms with van der Waals surface area (Å²) in [6.07, 6.45) is -4.32. The van der Waals surface area contributed by atoms with Gasteiger partial charge in [-0.1, -0.05) is 0 Å². The Balaban J connectivity index is 3.22. The van der Waals surface area contributed by atoms with E-state index in [0.717, 1.165) is 12.1 Å². The summed E-state index contributed by atoms with van der Waals surface area (Å²) in [6, 6.07) is 3.39. The highest BCUT2D eigenvalue weighted by atomic mass is 19.4. The average Bonchev–Trinajstić information content (AvgIpc) is 2.15. The van der Waals surface area contributed by atoms with Crippen LogP contribution in [0.4, 0.5) is 18.9 Å². The van der Waals surface area contributed by atoms with Gasteiger partial charge in [0.2, 0.25) is 0 Å². The van der Waals surface area contributed by atoms with Crippen LogP contribution in [0, 0.1) is 0 Å². The van der Waals surface area contributed by atoms with Crippen LogP contribution < -0.4 is 9.64 Å². The molecule has 2 nitrogen and oxygen atoms in total. The largest absolute Gasteiger partial charge is 0.495 e. The Kier molecular flexibility index (Phi) is 3.12. The van der Waals surface area contributed by atoms with Crippen LogP contribution in [0.3, 0.4) is 0 Å². The number of ether oxygens (including phenoxy) is 1. The minimum Gasteiger partial charge on any atom is -0.495 e. The standard InChI is InChI=1S/C10H12F3NO/c1-14(2)8-6-7(10(11,12)13)4-5-9(8)15-3/h4-6H,1-3H3. The molecule has 5 heteroatoms. The zero-order chi connectivity index (χ0) is 11.6. The van der Waals surface area contributed by atoms with Crippen LogP contribution in [0.5, 0.6) is 5.75 Å². The van der Waals surface area contributed by atoms with Gasteiger partial charge in [-0.05, 0) is 18.2 Å². The number of hydrogen-bond donors (Lipinski definition) is 0. The molecular weight excluding hydrogens is 207 g/mol. The molecule has 1 rings (SSSR count). The van der Waals surface area contributed by atoms with Crippen LogP contribution in [-0.2, 0) is 6.18 Å². The van der Waals surface area contributed by atoms with Gasteiger partial charge in [-0.15, -0.1) is 0 Å². The fourth-order valence-corrected chi connectivity index (χ4v) is 1.22. The van der Waals surface area contributed by atoms with Crippen molar-refractivity contribution in [2.24, 2.45) is 0 Å². The van der Waals surface area contributed by atoms with E-state index in [2.05, 4.69) is 0 Å². The quantitative estimate of drug-likeness (QED) is 0.758. The summed E-state index contributed by atoms with van der Waals surface area (Å²) in [4.78, 5) is 1.58. The van der Waals surface area contributed by atoms with E-state index in [1.54, 1.807) is 19.0 Å².